The SMILES string of the molecule is CN(C)c1nc(NC2CCC(NC(=O)c3c4ccccc4cc4ccccc34)CC2)nc2ccccc12. The van der Waals surface area contributed by atoms with E-state index in [4.69, 9.17) is 9.97 Å². The number of anilines is 2. The number of nitrogens with zero attached hydrogens (tertiary/aromatic N) is 3. The summed E-state index contributed by atoms with van der Waals surface area (Å²) in [6.45, 7) is 0. The first kappa shape index (κ1) is 23.2. The lowest BCUT2D eigenvalue weighted by Gasteiger charge is -2.30. The largest absolute Gasteiger partial charge is 0.362 e. The third-order valence-electron chi connectivity index (χ3n) is 7.40. The Morgan fingerprint density at radius 2 is 1.32 bits per heavy atom. The fourth-order valence-corrected chi connectivity index (χ4v) is 5.55. The van der Waals surface area contributed by atoms with Crippen molar-refractivity contribution >= 4 is 50.1 Å². The average molecular weight is 490 g/mol. The molecule has 1 aliphatic carbocycles. The van der Waals surface area contributed by atoms with Gasteiger partial charge >= 0.3 is 0 Å². The van der Waals surface area contributed by atoms with Gasteiger partial charge in [0, 0.05) is 31.6 Å². The number of benzene rings is 4. The molecule has 0 bridgehead atoms. The summed E-state index contributed by atoms with van der Waals surface area (Å²) in [6.07, 6.45) is 3.74. The van der Waals surface area contributed by atoms with Gasteiger partial charge in [-0.1, -0.05) is 60.7 Å². The zero-order valence-electron chi connectivity index (χ0n) is 21.2. The fraction of sp³-hybridized carbons (Fsp3) is 0.258. The minimum atomic E-state index is 0.0119. The van der Waals surface area contributed by atoms with Crippen molar-refractivity contribution in [3.63, 3.8) is 0 Å². The smallest absolute Gasteiger partial charge is 0.252 e. The van der Waals surface area contributed by atoms with Crippen LogP contribution in [0.1, 0.15) is 36.0 Å². The van der Waals surface area contributed by atoms with Crippen molar-refractivity contribution in [2.24, 2.45) is 0 Å². The number of carbonyl (C=O) groups is 1. The second kappa shape index (κ2) is 9.69. The Kier molecular flexibility index (Phi) is 6.08. The van der Waals surface area contributed by atoms with Crippen molar-refractivity contribution in [2.45, 2.75) is 37.8 Å². The number of fused-ring (bicyclic) bond motifs is 3. The van der Waals surface area contributed by atoms with Crippen LogP contribution in [-0.2, 0) is 0 Å². The number of nitrogens with one attached hydrogen (secondary N) is 2. The molecule has 6 rings (SSSR count). The third-order valence-corrected chi connectivity index (χ3v) is 7.40. The van der Waals surface area contributed by atoms with E-state index in [9.17, 15) is 4.79 Å². The topological polar surface area (TPSA) is 70.2 Å². The molecular weight excluding hydrogens is 458 g/mol. The lowest BCUT2D eigenvalue weighted by Crippen LogP contribution is -2.40. The van der Waals surface area contributed by atoms with E-state index in [0.717, 1.165) is 69.5 Å². The summed E-state index contributed by atoms with van der Waals surface area (Å²) in [5.74, 6) is 1.59. The molecule has 1 amide bonds. The maximum Gasteiger partial charge on any atom is 0.252 e. The Bertz CT molecular complexity index is 1550. The van der Waals surface area contributed by atoms with Crippen molar-refractivity contribution in [1.29, 1.82) is 0 Å². The molecule has 2 N–H and O–H groups in total. The molecule has 0 saturated heterocycles. The first-order valence-electron chi connectivity index (χ1n) is 13.0. The lowest BCUT2D eigenvalue weighted by molar-refractivity contribution is 0.0930. The van der Waals surface area contributed by atoms with Crippen molar-refractivity contribution in [3.05, 3.63) is 84.4 Å². The van der Waals surface area contributed by atoms with Crippen LogP contribution in [0.2, 0.25) is 0 Å². The number of hydrogen-bond donors (Lipinski definition) is 2. The van der Waals surface area contributed by atoms with Gasteiger partial charge in [-0.05, 0) is 65.4 Å². The number of hydrogen-bond acceptors (Lipinski definition) is 5. The summed E-state index contributed by atoms with van der Waals surface area (Å²) in [4.78, 5) is 25.2. The minimum absolute atomic E-state index is 0.0119. The highest BCUT2D eigenvalue weighted by Crippen LogP contribution is 2.30. The van der Waals surface area contributed by atoms with Gasteiger partial charge in [0.15, 0.2) is 0 Å². The van der Waals surface area contributed by atoms with E-state index in [1.165, 1.54) is 0 Å². The van der Waals surface area contributed by atoms with Gasteiger partial charge in [-0.25, -0.2) is 4.98 Å². The van der Waals surface area contributed by atoms with E-state index in [1.54, 1.807) is 0 Å². The summed E-state index contributed by atoms with van der Waals surface area (Å²) in [5, 5.41) is 12.1. The Morgan fingerprint density at radius 1 is 0.757 bits per heavy atom. The zero-order valence-corrected chi connectivity index (χ0v) is 21.2. The molecule has 6 heteroatoms. The summed E-state index contributed by atoms with van der Waals surface area (Å²) < 4.78 is 0. The summed E-state index contributed by atoms with van der Waals surface area (Å²) in [7, 11) is 4.01. The molecule has 0 unspecified atom stereocenters. The molecule has 0 aliphatic heterocycles. The molecule has 1 aliphatic rings. The Hall–Kier alpha value is -4.19. The molecule has 0 spiro atoms. The Morgan fingerprint density at radius 3 is 1.97 bits per heavy atom. The van der Waals surface area contributed by atoms with Crippen LogP contribution in [0.5, 0.6) is 0 Å². The molecule has 0 radical (unpaired) electrons. The highest BCUT2D eigenvalue weighted by atomic mass is 16.1. The van der Waals surface area contributed by atoms with Crippen LogP contribution in [0, 0.1) is 0 Å². The third kappa shape index (κ3) is 4.55. The Labute approximate surface area is 216 Å². The van der Waals surface area contributed by atoms with Crippen molar-refractivity contribution in [1.82, 2.24) is 15.3 Å². The molecule has 4 aromatic carbocycles. The van der Waals surface area contributed by atoms with Gasteiger partial charge in [-0.2, -0.15) is 4.98 Å². The molecule has 6 nitrogen and oxygen atoms in total. The maximum atomic E-state index is 13.6. The zero-order chi connectivity index (χ0) is 25.4. The van der Waals surface area contributed by atoms with Crippen LogP contribution in [0.3, 0.4) is 0 Å². The van der Waals surface area contributed by atoms with Gasteiger partial charge in [-0.15, -0.1) is 0 Å². The number of para-hydroxylation sites is 1. The first-order valence-corrected chi connectivity index (χ1v) is 13.0. The predicted molar refractivity (Wildman–Crippen MR) is 152 cm³/mol. The van der Waals surface area contributed by atoms with E-state index in [1.807, 2.05) is 73.6 Å². The van der Waals surface area contributed by atoms with Crippen LogP contribution < -0.4 is 15.5 Å². The van der Waals surface area contributed by atoms with Crippen LogP contribution in [0.4, 0.5) is 11.8 Å². The summed E-state index contributed by atoms with van der Waals surface area (Å²) in [6, 6.07) is 27.0. The van der Waals surface area contributed by atoms with Crippen LogP contribution in [0.25, 0.3) is 32.4 Å². The molecule has 186 valence electrons. The van der Waals surface area contributed by atoms with Crippen molar-refractivity contribution in [2.75, 3.05) is 24.3 Å². The van der Waals surface area contributed by atoms with Crippen molar-refractivity contribution < 1.29 is 4.79 Å². The highest BCUT2D eigenvalue weighted by molar-refractivity contribution is 6.18. The molecule has 0 atom stereocenters. The second-order valence-electron chi connectivity index (χ2n) is 10.1. The molecular formula is C31H31N5O. The number of rotatable bonds is 5. The van der Waals surface area contributed by atoms with E-state index < -0.39 is 0 Å². The quantitative estimate of drug-likeness (QED) is 0.290. The highest BCUT2D eigenvalue weighted by Gasteiger charge is 2.25. The van der Waals surface area contributed by atoms with E-state index in [2.05, 4.69) is 34.9 Å². The van der Waals surface area contributed by atoms with Crippen LogP contribution >= 0.6 is 0 Å². The van der Waals surface area contributed by atoms with E-state index >= 15 is 0 Å². The van der Waals surface area contributed by atoms with Crippen LogP contribution in [0.15, 0.2) is 78.9 Å². The van der Waals surface area contributed by atoms with Crippen LogP contribution in [-0.4, -0.2) is 42.1 Å². The molecule has 37 heavy (non-hydrogen) atoms. The predicted octanol–water partition coefficient (Wildman–Crippen LogP) is 6.16. The number of amides is 1. The molecule has 1 saturated carbocycles. The second-order valence-corrected chi connectivity index (χ2v) is 10.1. The van der Waals surface area contributed by atoms with Crippen molar-refractivity contribution in [3.8, 4) is 0 Å². The first-order chi connectivity index (χ1) is 18.1. The van der Waals surface area contributed by atoms with Gasteiger partial charge in [0.05, 0.1) is 11.1 Å². The average Bonchev–Trinajstić information content (AvgIpc) is 2.92. The lowest BCUT2D eigenvalue weighted by atomic mass is 9.90. The normalized spacial score (nSPS) is 17.7. The van der Waals surface area contributed by atoms with E-state index in [-0.39, 0.29) is 18.0 Å². The van der Waals surface area contributed by atoms with E-state index in [0.29, 0.717) is 5.95 Å². The molecule has 5 aromatic rings. The molecule has 1 fully saturated rings. The number of carbonyl (C=O) groups excluding carboxylic acids is 1. The van der Waals surface area contributed by atoms with Gasteiger partial charge < -0.3 is 15.5 Å². The Balaban J connectivity index is 1.17. The number of aromatic nitrogens is 2. The minimum Gasteiger partial charge on any atom is -0.362 e. The molecule has 1 aromatic heterocycles. The summed E-state index contributed by atoms with van der Waals surface area (Å²) in [5.41, 5.74) is 1.71. The van der Waals surface area contributed by atoms with Gasteiger partial charge in [0.1, 0.15) is 5.82 Å². The fourth-order valence-electron chi connectivity index (χ4n) is 5.55. The van der Waals surface area contributed by atoms with Gasteiger partial charge in [-0.3, -0.25) is 4.79 Å². The summed E-state index contributed by atoms with van der Waals surface area (Å²) >= 11 is 0. The standard InChI is InChI=1S/C31H31N5O/c1-36(2)29-26-13-7-8-14-27(26)34-31(35-29)33-23-17-15-22(16-18-23)32-30(37)28-24-11-5-3-9-20(24)19-21-10-4-6-12-25(21)28/h3-14,19,22-23H,15-18H2,1-2H3,(H,32,37)(H,33,34,35). The maximum absolute atomic E-state index is 13.6. The monoisotopic (exact) mass is 489 g/mol. The van der Waals surface area contributed by atoms with Gasteiger partial charge in [0.25, 0.3) is 5.91 Å². The van der Waals surface area contributed by atoms with Gasteiger partial charge in [0.2, 0.25) is 5.95 Å². The molecule has 1 heterocycles.